The first-order valence-electron chi connectivity index (χ1n) is 9.67. The van der Waals surface area contributed by atoms with E-state index in [1.807, 2.05) is 47.0 Å². The zero-order chi connectivity index (χ0) is 20.3. The van der Waals surface area contributed by atoms with Gasteiger partial charge in [-0.15, -0.1) is 0 Å². The van der Waals surface area contributed by atoms with Gasteiger partial charge in [0.05, 0.1) is 17.1 Å². The molecule has 2 aromatic carbocycles. The van der Waals surface area contributed by atoms with Gasteiger partial charge in [0.25, 0.3) is 0 Å². The molecule has 5 rings (SSSR count). The average Bonchev–Trinajstić information content (AvgIpc) is 3.24. The SMILES string of the molecule is CC(Nc1nccc(-n2cnc3cc(-c4ncccn4)ccc32)n1)c1ccccc1. The van der Waals surface area contributed by atoms with Crippen LogP contribution in [0.1, 0.15) is 18.5 Å². The predicted octanol–water partition coefficient (Wildman–Crippen LogP) is 4.45. The zero-order valence-corrected chi connectivity index (χ0v) is 16.3. The van der Waals surface area contributed by atoms with E-state index in [9.17, 15) is 0 Å². The highest BCUT2D eigenvalue weighted by Crippen LogP contribution is 2.23. The highest BCUT2D eigenvalue weighted by molar-refractivity contribution is 5.81. The minimum absolute atomic E-state index is 0.0920. The Labute approximate surface area is 173 Å². The number of nitrogens with one attached hydrogen (secondary N) is 1. The molecule has 0 spiro atoms. The van der Waals surface area contributed by atoms with Crippen molar-refractivity contribution in [1.29, 1.82) is 0 Å². The fourth-order valence-corrected chi connectivity index (χ4v) is 3.35. The van der Waals surface area contributed by atoms with Gasteiger partial charge in [-0.25, -0.2) is 19.9 Å². The van der Waals surface area contributed by atoms with Crippen LogP contribution in [0.4, 0.5) is 5.95 Å². The van der Waals surface area contributed by atoms with Crippen LogP contribution in [0.5, 0.6) is 0 Å². The van der Waals surface area contributed by atoms with Crippen LogP contribution in [0, 0.1) is 0 Å². The fourth-order valence-electron chi connectivity index (χ4n) is 3.35. The Bertz CT molecular complexity index is 1280. The van der Waals surface area contributed by atoms with Gasteiger partial charge < -0.3 is 5.32 Å². The van der Waals surface area contributed by atoms with Crippen molar-refractivity contribution in [2.45, 2.75) is 13.0 Å². The first-order chi connectivity index (χ1) is 14.8. The summed E-state index contributed by atoms with van der Waals surface area (Å²) in [6.07, 6.45) is 6.99. The Hall–Kier alpha value is -4.13. The maximum absolute atomic E-state index is 4.69. The van der Waals surface area contributed by atoms with Crippen molar-refractivity contribution < 1.29 is 0 Å². The number of benzene rings is 2. The molecule has 7 nitrogen and oxygen atoms in total. The monoisotopic (exact) mass is 393 g/mol. The second kappa shape index (κ2) is 7.71. The summed E-state index contributed by atoms with van der Waals surface area (Å²) >= 11 is 0. The summed E-state index contributed by atoms with van der Waals surface area (Å²) in [7, 11) is 0. The van der Waals surface area contributed by atoms with Gasteiger partial charge in [-0.3, -0.25) is 4.57 Å². The normalized spacial score (nSPS) is 12.0. The molecule has 5 aromatic rings. The second-order valence-electron chi connectivity index (χ2n) is 6.91. The van der Waals surface area contributed by atoms with Crippen LogP contribution in [-0.2, 0) is 0 Å². The summed E-state index contributed by atoms with van der Waals surface area (Å²) < 4.78 is 1.95. The lowest BCUT2D eigenvalue weighted by Gasteiger charge is -2.14. The van der Waals surface area contributed by atoms with E-state index >= 15 is 0 Å². The van der Waals surface area contributed by atoms with E-state index in [4.69, 9.17) is 0 Å². The molecule has 0 fully saturated rings. The molecular formula is C23H19N7. The Morgan fingerprint density at radius 1 is 0.833 bits per heavy atom. The largest absolute Gasteiger partial charge is 0.348 e. The summed E-state index contributed by atoms with van der Waals surface area (Å²) in [6, 6.07) is 20.0. The van der Waals surface area contributed by atoms with Crippen molar-refractivity contribution >= 4 is 17.0 Å². The third-order valence-corrected chi connectivity index (χ3v) is 4.90. The summed E-state index contributed by atoms with van der Waals surface area (Å²) in [4.78, 5) is 22.2. The molecule has 1 N–H and O–H groups in total. The molecule has 0 aliphatic rings. The van der Waals surface area contributed by atoms with Crippen molar-refractivity contribution in [3.05, 3.63) is 91.1 Å². The smallest absolute Gasteiger partial charge is 0.225 e. The molecule has 0 bridgehead atoms. The molecule has 30 heavy (non-hydrogen) atoms. The van der Waals surface area contributed by atoms with Crippen LogP contribution in [-0.4, -0.2) is 29.5 Å². The summed E-state index contributed by atoms with van der Waals surface area (Å²) in [6.45, 7) is 2.09. The first kappa shape index (κ1) is 17.9. The van der Waals surface area contributed by atoms with E-state index in [1.165, 1.54) is 5.56 Å². The molecule has 3 heterocycles. The molecule has 0 radical (unpaired) electrons. The lowest BCUT2D eigenvalue weighted by atomic mass is 10.1. The van der Waals surface area contributed by atoms with Gasteiger partial charge in [0.1, 0.15) is 12.1 Å². The summed E-state index contributed by atoms with van der Waals surface area (Å²) in [5.74, 6) is 2.00. The standard InChI is InChI=1S/C23H19N7/c1-16(17-6-3-2-4-7-17)28-23-26-13-10-21(29-23)30-15-27-19-14-18(8-9-20(19)30)22-24-11-5-12-25-22/h2-16H,1H3,(H,26,28,29). The molecule has 0 saturated heterocycles. The molecule has 7 heteroatoms. The zero-order valence-electron chi connectivity index (χ0n) is 16.3. The fraction of sp³-hybridized carbons (Fsp3) is 0.0870. The molecule has 1 unspecified atom stereocenters. The number of rotatable bonds is 5. The van der Waals surface area contributed by atoms with Gasteiger partial charge >= 0.3 is 0 Å². The molecule has 0 aliphatic carbocycles. The molecule has 3 aromatic heterocycles. The van der Waals surface area contributed by atoms with Gasteiger partial charge in [-0.2, -0.15) is 4.98 Å². The van der Waals surface area contributed by atoms with Gasteiger partial charge in [0.2, 0.25) is 5.95 Å². The average molecular weight is 393 g/mol. The predicted molar refractivity (Wildman–Crippen MR) is 116 cm³/mol. The molecule has 0 amide bonds. The van der Waals surface area contributed by atoms with E-state index < -0.39 is 0 Å². The quantitative estimate of drug-likeness (QED) is 0.475. The van der Waals surface area contributed by atoms with Crippen molar-refractivity contribution in [2.75, 3.05) is 5.32 Å². The van der Waals surface area contributed by atoms with Gasteiger partial charge in [-0.1, -0.05) is 30.3 Å². The maximum Gasteiger partial charge on any atom is 0.225 e. The van der Waals surface area contributed by atoms with Crippen LogP contribution in [0.15, 0.2) is 85.6 Å². The Morgan fingerprint density at radius 3 is 2.50 bits per heavy atom. The van der Waals surface area contributed by atoms with Crippen molar-refractivity contribution in [3.63, 3.8) is 0 Å². The number of hydrogen-bond donors (Lipinski definition) is 1. The van der Waals surface area contributed by atoms with Gasteiger partial charge in [-0.05, 0) is 42.8 Å². The lowest BCUT2D eigenvalue weighted by Crippen LogP contribution is -2.10. The highest BCUT2D eigenvalue weighted by atomic mass is 15.2. The Balaban J connectivity index is 1.45. The van der Waals surface area contributed by atoms with Crippen LogP contribution < -0.4 is 5.32 Å². The minimum Gasteiger partial charge on any atom is -0.348 e. The Kier molecular flexibility index (Phi) is 4.61. The van der Waals surface area contributed by atoms with E-state index in [-0.39, 0.29) is 6.04 Å². The van der Waals surface area contributed by atoms with Crippen molar-refractivity contribution in [2.24, 2.45) is 0 Å². The Morgan fingerprint density at radius 2 is 1.67 bits per heavy atom. The number of fused-ring (bicyclic) bond motifs is 1. The second-order valence-corrected chi connectivity index (χ2v) is 6.91. The summed E-state index contributed by atoms with van der Waals surface area (Å²) in [5, 5.41) is 3.37. The number of imidazole rings is 1. The van der Waals surface area contributed by atoms with Crippen LogP contribution in [0.25, 0.3) is 28.2 Å². The van der Waals surface area contributed by atoms with E-state index in [0.717, 1.165) is 22.4 Å². The number of hydrogen-bond acceptors (Lipinski definition) is 6. The number of nitrogens with zero attached hydrogens (tertiary/aromatic N) is 6. The van der Waals surface area contributed by atoms with Gasteiger partial charge in [0.15, 0.2) is 5.82 Å². The lowest BCUT2D eigenvalue weighted by molar-refractivity contribution is 0.854. The van der Waals surface area contributed by atoms with Crippen LogP contribution in [0.2, 0.25) is 0 Å². The highest BCUT2D eigenvalue weighted by Gasteiger charge is 2.11. The first-order valence-corrected chi connectivity index (χ1v) is 9.67. The molecule has 0 aliphatic heterocycles. The minimum atomic E-state index is 0.0920. The number of anilines is 1. The van der Waals surface area contributed by atoms with E-state index in [1.54, 1.807) is 31.0 Å². The third kappa shape index (κ3) is 3.48. The molecule has 1 atom stereocenters. The van der Waals surface area contributed by atoms with Crippen molar-refractivity contribution in [1.82, 2.24) is 29.5 Å². The maximum atomic E-state index is 4.69. The molecule has 0 saturated carbocycles. The number of aromatic nitrogens is 6. The van der Waals surface area contributed by atoms with Crippen LogP contribution >= 0.6 is 0 Å². The molecular weight excluding hydrogens is 374 g/mol. The van der Waals surface area contributed by atoms with Gasteiger partial charge in [0, 0.05) is 24.2 Å². The third-order valence-electron chi connectivity index (χ3n) is 4.90. The van der Waals surface area contributed by atoms with Crippen LogP contribution in [0.3, 0.4) is 0 Å². The van der Waals surface area contributed by atoms with Crippen molar-refractivity contribution in [3.8, 4) is 17.2 Å². The molecule has 146 valence electrons. The van der Waals surface area contributed by atoms with E-state index in [2.05, 4.69) is 49.3 Å². The summed E-state index contributed by atoms with van der Waals surface area (Å²) in [5.41, 5.74) is 3.91. The van der Waals surface area contributed by atoms with E-state index in [0.29, 0.717) is 11.8 Å². The topological polar surface area (TPSA) is 81.4 Å².